The summed E-state index contributed by atoms with van der Waals surface area (Å²) >= 11 is 5.76. The molecule has 0 saturated heterocycles. The molecule has 3 rings (SSSR count). The Morgan fingerprint density at radius 3 is 2.67 bits per heavy atom. The van der Waals surface area contributed by atoms with E-state index in [4.69, 9.17) is 16.0 Å². The van der Waals surface area contributed by atoms with Gasteiger partial charge in [0.15, 0.2) is 12.2 Å². The van der Waals surface area contributed by atoms with Gasteiger partial charge in [-0.1, -0.05) is 11.6 Å². The highest BCUT2D eigenvalue weighted by atomic mass is 35.5. The molecule has 5 nitrogen and oxygen atoms in total. The van der Waals surface area contributed by atoms with Gasteiger partial charge in [-0.05, 0) is 36.4 Å². The lowest BCUT2D eigenvalue weighted by molar-refractivity contribution is 0.102. The van der Waals surface area contributed by atoms with Crippen LogP contribution >= 0.6 is 11.6 Å². The van der Waals surface area contributed by atoms with Crippen LogP contribution in [0.4, 0.5) is 5.69 Å². The maximum atomic E-state index is 12.1. The molecule has 21 heavy (non-hydrogen) atoms. The van der Waals surface area contributed by atoms with E-state index in [-0.39, 0.29) is 11.1 Å². The fraction of sp³-hybridized carbons (Fsp3) is 0. The van der Waals surface area contributed by atoms with E-state index < -0.39 is 0 Å². The minimum atomic E-state index is -0.244. The number of hydrogen-bond acceptors (Lipinski definition) is 4. The summed E-state index contributed by atoms with van der Waals surface area (Å²) in [5.41, 5.74) is 2.02. The van der Waals surface area contributed by atoms with Crippen LogP contribution in [0.2, 0.25) is 5.15 Å². The van der Waals surface area contributed by atoms with Crippen LogP contribution in [0.25, 0.3) is 11.3 Å². The third-order valence-electron chi connectivity index (χ3n) is 2.85. The van der Waals surface area contributed by atoms with Gasteiger partial charge >= 0.3 is 0 Å². The number of halogens is 1. The first kappa shape index (κ1) is 13.3. The molecule has 1 N–H and O–H groups in total. The van der Waals surface area contributed by atoms with Crippen LogP contribution in [-0.2, 0) is 0 Å². The molecule has 0 atom stereocenters. The predicted molar refractivity (Wildman–Crippen MR) is 79.1 cm³/mol. The Balaban J connectivity index is 1.75. The van der Waals surface area contributed by atoms with Crippen LogP contribution in [0.5, 0.6) is 0 Å². The lowest BCUT2D eigenvalue weighted by atomic mass is 10.1. The minimum absolute atomic E-state index is 0.244. The van der Waals surface area contributed by atoms with Gasteiger partial charge in [-0.15, -0.1) is 0 Å². The molecule has 0 fully saturated rings. The molecule has 1 amide bonds. The molecule has 3 aromatic rings. The Morgan fingerprint density at radius 2 is 2.00 bits per heavy atom. The average Bonchev–Trinajstić information content (AvgIpc) is 3.02. The van der Waals surface area contributed by atoms with Crippen molar-refractivity contribution in [3.63, 3.8) is 0 Å². The van der Waals surface area contributed by atoms with Crippen LogP contribution in [0.1, 0.15) is 10.4 Å². The van der Waals surface area contributed by atoms with Crippen LogP contribution in [0.15, 0.2) is 59.6 Å². The largest absolute Gasteiger partial charge is 0.444 e. The zero-order chi connectivity index (χ0) is 14.7. The van der Waals surface area contributed by atoms with E-state index in [0.717, 1.165) is 5.56 Å². The fourth-order valence-corrected chi connectivity index (χ4v) is 2.00. The normalized spacial score (nSPS) is 10.3. The molecule has 0 bridgehead atoms. The van der Waals surface area contributed by atoms with Crippen molar-refractivity contribution in [1.82, 2.24) is 9.97 Å². The molecule has 104 valence electrons. The van der Waals surface area contributed by atoms with Gasteiger partial charge in [0, 0.05) is 23.0 Å². The Bertz CT molecular complexity index is 755. The minimum Gasteiger partial charge on any atom is -0.444 e. The molecule has 2 aromatic heterocycles. The number of hydrogen-bond donors (Lipinski definition) is 1. The molecule has 0 unspecified atom stereocenters. The van der Waals surface area contributed by atoms with Crippen molar-refractivity contribution in [1.29, 1.82) is 0 Å². The number of nitrogens with zero attached hydrogens (tertiary/aromatic N) is 2. The van der Waals surface area contributed by atoms with E-state index in [9.17, 15) is 4.79 Å². The van der Waals surface area contributed by atoms with E-state index >= 15 is 0 Å². The van der Waals surface area contributed by atoms with Crippen LogP contribution in [0.3, 0.4) is 0 Å². The van der Waals surface area contributed by atoms with Gasteiger partial charge in [0.2, 0.25) is 0 Å². The molecule has 0 spiro atoms. The summed E-state index contributed by atoms with van der Waals surface area (Å²) < 4.78 is 5.20. The summed E-state index contributed by atoms with van der Waals surface area (Å²) in [6, 6.07) is 10.4. The smallest absolute Gasteiger partial charge is 0.255 e. The number of nitrogens with one attached hydrogen (secondary N) is 1. The summed E-state index contributed by atoms with van der Waals surface area (Å²) in [4.78, 5) is 19.8. The maximum Gasteiger partial charge on any atom is 0.255 e. The zero-order valence-electron chi connectivity index (χ0n) is 10.8. The second-order valence-electron chi connectivity index (χ2n) is 4.26. The van der Waals surface area contributed by atoms with Gasteiger partial charge in [0.1, 0.15) is 5.15 Å². The Labute approximate surface area is 125 Å². The van der Waals surface area contributed by atoms with Crippen molar-refractivity contribution in [3.05, 3.63) is 65.9 Å². The first-order chi connectivity index (χ1) is 10.2. The summed E-state index contributed by atoms with van der Waals surface area (Å²) in [6.07, 6.45) is 4.50. The van der Waals surface area contributed by atoms with Gasteiger partial charge < -0.3 is 9.73 Å². The highest BCUT2D eigenvalue weighted by Crippen LogP contribution is 2.21. The summed E-state index contributed by atoms with van der Waals surface area (Å²) in [5.74, 6) is 0.431. The SMILES string of the molecule is O=C(Nc1ccc(-c2cnco2)cc1)c1ccnc(Cl)c1. The Kier molecular flexibility index (Phi) is 3.66. The average molecular weight is 300 g/mol. The Morgan fingerprint density at radius 1 is 1.19 bits per heavy atom. The molecule has 0 radical (unpaired) electrons. The zero-order valence-corrected chi connectivity index (χ0v) is 11.5. The third-order valence-corrected chi connectivity index (χ3v) is 3.06. The van der Waals surface area contributed by atoms with Gasteiger partial charge in [-0.3, -0.25) is 4.79 Å². The van der Waals surface area contributed by atoms with Gasteiger partial charge in [0.25, 0.3) is 5.91 Å². The van der Waals surface area contributed by atoms with E-state index in [1.165, 1.54) is 18.7 Å². The van der Waals surface area contributed by atoms with E-state index in [2.05, 4.69) is 15.3 Å². The number of carbonyl (C=O) groups excluding carboxylic acids is 1. The Hall–Kier alpha value is -2.66. The molecule has 0 saturated carbocycles. The van der Waals surface area contributed by atoms with Gasteiger partial charge in [0.05, 0.1) is 6.20 Å². The molecule has 0 aliphatic rings. The molecule has 6 heteroatoms. The monoisotopic (exact) mass is 299 g/mol. The van der Waals surface area contributed by atoms with Crippen molar-refractivity contribution in [2.24, 2.45) is 0 Å². The van der Waals surface area contributed by atoms with E-state index in [1.54, 1.807) is 24.4 Å². The van der Waals surface area contributed by atoms with Crippen molar-refractivity contribution in [2.75, 3.05) is 5.32 Å². The molecule has 2 heterocycles. The first-order valence-electron chi connectivity index (χ1n) is 6.14. The number of carbonyl (C=O) groups is 1. The lowest BCUT2D eigenvalue weighted by Crippen LogP contribution is -2.11. The number of benzene rings is 1. The summed E-state index contributed by atoms with van der Waals surface area (Å²) in [7, 11) is 0. The van der Waals surface area contributed by atoms with Crippen molar-refractivity contribution >= 4 is 23.2 Å². The van der Waals surface area contributed by atoms with Crippen LogP contribution in [-0.4, -0.2) is 15.9 Å². The van der Waals surface area contributed by atoms with Crippen molar-refractivity contribution in [2.45, 2.75) is 0 Å². The van der Waals surface area contributed by atoms with Crippen molar-refractivity contribution in [3.8, 4) is 11.3 Å². The topological polar surface area (TPSA) is 68.0 Å². The number of pyridine rings is 1. The summed E-state index contributed by atoms with van der Waals surface area (Å²) in [6.45, 7) is 0. The number of oxazole rings is 1. The van der Waals surface area contributed by atoms with Crippen molar-refractivity contribution < 1.29 is 9.21 Å². The highest BCUT2D eigenvalue weighted by molar-refractivity contribution is 6.29. The lowest BCUT2D eigenvalue weighted by Gasteiger charge is -2.06. The third kappa shape index (κ3) is 3.09. The standard InChI is InChI=1S/C15H10ClN3O2/c16-14-7-11(5-6-18-14)15(20)19-12-3-1-10(2-4-12)13-8-17-9-21-13/h1-9H,(H,19,20). The van der Waals surface area contributed by atoms with Crippen LogP contribution in [0, 0.1) is 0 Å². The number of aromatic nitrogens is 2. The molecular weight excluding hydrogens is 290 g/mol. The quantitative estimate of drug-likeness (QED) is 0.750. The summed E-state index contributed by atoms with van der Waals surface area (Å²) in [5, 5.41) is 3.07. The number of amides is 1. The van der Waals surface area contributed by atoms with E-state index in [1.807, 2.05) is 12.1 Å². The molecule has 0 aliphatic carbocycles. The van der Waals surface area contributed by atoms with E-state index in [0.29, 0.717) is 17.0 Å². The highest BCUT2D eigenvalue weighted by Gasteiger charge is 2.07. The van der Waals surface area contributed by atoms with Gasteiger partial charge in [-0.25, -0.2) is 9.97 Å². The second kappa shape index (κ2) is 5.76. The predicted octanol–water partition coefficient (Wildman–Crippen LogP) is 3.64. The first-order valence-corrected chi connectivity index (χ1v) is 6.52. The number of rotatable bonds is 3. The molecule has 0 aliphatic heterocycles. The molecule has 1 aromatic carbocycles. The number of anilines is 1. The van der Waals surface area contributed by atoms with Crippen LogP contribution < -0.4 is 5.32 Å². The fourth-order valence-electron chi connectivity index (χ4n) is 1.82. The molecular formula is C15H10ClN3O2. The van der Waals surface area contributed by atoms with Gasteiger partial charge in [-0.2, -0.15) is 0 Å². The second-order valence-corrected chi connectivity index (χ2v) is 4.65. The maximum absolute atomic E-state index is 12.1.